The van der Waals surface area contributed by atoms with Gasteiger partial charge in [0.2, 0.25) is 11.8 Å². The van der Waals surface area contributed by atoms with E-state index in [-0.39, 0.29) is 29.6 Å². The molecule has 0 saturated carbocycles. The highest BCUT2D eigenvalue weighted by atomic mass is 35.5. The van der Waals surface area contributed by atoms with Gasteiger partial charge in [0.1, 0.15) is 18.1 Å². The number of nitrogens with zero attached hydrogens (tertiary/aromatic N) is 2. The molecule has 138 valence electrons. The Labute approximate surface area is 160 Å². The van der Waals surface area contributed by atoms with Crippen LogP contribution in [0.25, 0.3) is 0 Å². The fourth-order valence-electron chi connectivity index (χ4n) is 2.68. The number of methoxy groups -OCH3 is 1. The smallest absolute Gasteiger partial charge is 0.253 e. The van der Waals surface area contributed by atoms with Gasteiger partial charge in [0.05, 0.1) is 23.7 Å². The van der Waals surface area contributed by atoms with Crippen molar-refractivity contribution in [1.82, 2.24) is 15.2 Å². The van der Waals surface area contributed by atoms with Gasteiger partial charge in [-0.05, 0) is 18.2 Å². The van der Waals surface area contributed by atoms with Crippen molar-refractivity contribution in [3.63, 3.8) is 0 Å². The number of halogens is 2. The SMILES string of the molecule is COCc1nc2c(o1)CCN(C(=O)CNC(=O)c1cc(Cl)ccc1Cl)C2. The molecule has 1 N–H and O–H groups in total. The predicted molar refractivity (Wildman–Crippen MR) is 95.1 cm³/mol. The van der Waals surface area contributed by atoms with Crippen molar-refractivity contribution in [1.29, 1.82) is 0 Å². The van der Waals surface area contributed by atoms with Crippen LogP contribution >= 0.6 is 23.2 Å². The first-order valence-corrected chi connectivity index (χ1v) is 8.71. The van der Waals surface area contributed by atoms with Crippen LogP contribution in [0.4, 0.5) is 0 Å². The molecule has 0 spiro atoms. The Morgan fingerprint density at radius 1 is 1.38 bits per heavy atom. The third-order valence-corrected chi connectivity index (χ3v) is 4.53. The fourth-order valence-corrected chi connectivity index (χ4v) is 3.06. The van der Waals surface area contributed by atoms with E-state index in [1.165, 1.54) is 12.1 Å². The number of hydrogen-bond donors (Lipinski definition) is 1. The molecule has 0 saturated heterocycles. The summed E-state index contributed by atoms with van der Waals surface area (Å²) in [6.45, 7) is 0.994. The Morgan fingerprint density at radius 2 is 2.19 bits per heavy atom. The average Bonchev–Trinajstić information content (AvgIpc) is 3.03. The van der Waals surface area contributed by atoms with E-state index in [0.717, 1.165) is 11.5 Å². The predicted octanol–water partition coefficient (Wildman–Crippen LogP) is 2.44. The lowest BCUT2D eigenvalue weighted by Gasteiger charge is -2.25. The molecule has 1 aromatic carbocycles. The lowest BCUT2D eigenvalue weighted by molar-refractivity contribution is -0.131. The second-order valence-corrected chi connectivity index (χ2v) is 6.63. The minimum absolute atomic E-state index is 0.139. The molecule has 1 aliphatic heterocycles. The molecule has 26 heavy (non-hydrogen) atoms. The van der Waals surface area contributed by atoms with Crippen molar-refractivity contribution >= 4 is 35.0 Å². The second kappa shape index (κ2) is 8.07. The monoisotopic (exact) mass is 397 g/mol. The van der Waals surface area contributed by atoms with E-state index in [4.69, 9.17) is 32.4 Å². The highest BCUT2D eigenvalue weighted by Crippen LogP contribution is 2.21. The maximum absolute atomic E-state index is 12.4. The van der Waals surface area contributed by atoms with Crippen LogP contribution in [-0.2, 0) is 29.1 Å². The van der Waals surface area contributed by atoms with Crippen LogP contribution in [-0.4, -0.2) is 41.9 Å². The molecule has 7 nitrogen and oxygen atoms in total. The summed E-state index contributed by atoms with van der Waals surface area (Å²) in [5, 5.41) is 3.25. The van der Waals surface area contributed by atoms with E-state index < -0.39 is 5.91 Å². The van der Waals surface area contributed by atoms with Crippen molar-refractivity contribution in [2.45, 2.75) is 19.6 Å². The van der Waals surface area contributed by atoms with E-state index in [9.17, 15) is 9.59 Å². The number of rotatable bonds is 5. The largest absolute Gasteiger partial charge is 0.443 e. The lowest BCUT2D eigenvalue weighted by Crippen LogP contribution is -2.42. The third-order valence-electron chi connectivity index (χ3n) is 3.97. The maximum atomic E-state index is 12.4. The van der Waals surface area contributed by atoms with E-state index in [0.29, 0.717) is 30.4 Å². The zero-order valence-corrected chi connectivity index (χ0v) is 15.6. The van der Waals surface area contributed by atoms with Gasteiger partial charge in [-0.1, -0.05) is 23.2 Å². The third kappa shape index (κ3) is 4.17. The molecular weight excluding hydrogens is 381 g/mol. The van der Waals surface area contributed by atoms with Crippen LogP contribution in [0.2, 0.25) is 10.0 Å². The first kappa shape index (κ1) is 18.7. The number of ether oxygens (including phenoxy) is 1. The Balaban J connectivity index is 1.58. The van der Waals surface area contributed by atoms with Crippen LogP contribution in [0.1, 0.15) is 27.7 Å². The highest BCUT2D eigenvalue weighted by molar-refractivity contribution is 6.35. The molecular formula is C17H17Cl2N3O4. The van der Waals surface area contributed by atoms with Crippen molar-refractivity contribution in [3.8, 4) is 0 Å². The zero-order chi connectivity index (χ0) is 18.7. The summed E-state index contributed by atoms with van der Waals surface area (Å²) >= 11 is 11.9. The molecule has 0 unspecified atom stereocenters. The van der Waals surface area contributed by atoms with Crippen molar-refractivity contribution in [2.75, 3.05) is 20.2 Å². The van der Waals surface area contributed by atoms with E-state index in [1.54, 1.807) is 18.1 Å². The molecule has 1 aromatic heterocycles. The van der Waals surface area contributed by atoms with Crippen LogP contribution in [0.15, 0.2) is 22.6 Å². The van der Waals surface area contributed by atoms with Gasteiger partial charge in [-0.2, -0.15) is 0 Å². The van der Waals surface area contributed by atoms with Crippen molar-refractivity contribution in [3.05, 3.63) is 51.2 Å². The summed E-state index contributed by atoms with van der Waals surface area (Å²) in [5.41, 5.74) is 0.953. The number of carbonyl (C=O) groups excluding carboxylic acids is 2. The summed E-state index contributed by atoms with van der Waals surface area (Å²) in [6.07, 6.45) is 0.575. The van der Waals surface area contributed by atoms with Crippen molar-refractivity contribution < 1.29 is 18.7 Å². The Bertz CT molecular complexity index is 837. The number of carbonyl (C=O) groups is 2. The van der Waals surface area contributed by atoms with Crippen LogP contribution in [0.3, 0.4) is 0 Å². The number of fused-ring (bicyclic) bond motifs is 1. The van der Waals surface area contributed by atoms with Gasteiger partial charge in [0, 0.05) is 25.1 Å². The Morgan fingerprint density at radius 3 is 2.96 bits per heavy atom. The van der Waals surface area contributed by atoms with Gasteiger partial charge in [0.15, 0.2) is 0 Å². The average molecular weight is 398 g/mol. The fraction of sp³-hybridized carbons (Fsp3) is 0.353. The van der Waals surface area contributed by atoms with Crippen LogP contribution in [0, 0.1) is 0 Å². The van der Waals surface area contributed by atoms with Gasteiger partial charge < -0.3 is 19.4 Å². The quantitative estimate of drug-likeness (QED) is 0.837. The van der Waals surface area contributed by atoms with E-state index in [1.807, 2.05) is 0 Å². The summed E-state index contributed by atoms with van der Waals surface area (Å²) in [4.78, 5) is 30.6. The summed E-state index contributed by atoms with van der Waals surface area (Å²) in [5.74, 6) is 0.609. The maximum Gasteiger partial charge on any atom is 0.253 e. The molecule has 3 rings (SSSR count). The number of amides is 2. The molecule has 2 aromatic rings. The Kier molecular flexibility index (Phi) is 5.80. The summed E-state index contributed by atoms with van der Waals surface area (Å²) < 4.78 is 10.6. The van der Waals surface area contributed by atoms with Gasteiger partial charge in [-0.25, -0.2) is 4.98 Å². The Hall–Kier alpha value is -2.09. The summed E-state index contributed by atoms with van der Waals surface area (Å²) in [6, 6.07) is 4.59. The molecule has 0 aliphatic carbocycles. The number of nitrogens with one attached hydrogen (secondary N) is 1. The molecule has 1 aliphatic rings. The van der Waals surface area contributed by atoms with Crippen LogP contribution in [0.5, 0.6) is 0 Å². The summed E-state index contributed by atoms with van der Waals surface area (Å²) in [7, 11) is 1.56. The molecule has 2 amide bonds. The lowest BCUT2D eigenvalue weighted by atomic mass is 10.1. The standard InChI is InChI=1S/C17H17Cl2N3O4/c1-25-9-15-21-13-8-22(5-4-14(13)26-15)16(23)7-20-17(24)11-6-10(18)2-3-12(11)19/h2-3,6H,4-5,7-9H2,1H3,(H,20,24). The van der Waals surface area contributed by atoms with Crippen molar-refractivity contribution in [2.24, 2.45) is 0 Å². The molecule has 2 heterocycles. The number of oxazole rings is 1. The second-order valence-electron chi connectivity index (χ2n) is 5.78. The van der Waals surface area contributed by atoms with Gasteiger partial charge in [-0.15, -0.1) is 0 Å². The normalized spacial score (nSPS) is 13.4. The van der Waals surface area contributed by atoms with Gasteiger partial charge >= 0.3 is 0 Å². The minimum Gasteiger partial charge on any atom is -0.443 e. The molecule has 9 heteroatoms. The topological polar surface area (TPSA) is 84.7 Å². The first-order chi connectivity index (χ1) is 12.5. The minimum atomic E-state index is -0.452. The molecule has 0 bridgehead atoms. The van der Waals surface area contributed by atoms with Gasteiger partial charge in [0.25, 0.3) is 5.91 Å². The van der Waals surface area contributed by atoms with Gasteiger partial charge in [-0.3, -0.25) is 9.59 Å². The molecule has 0 radical (unpaired) electrons. The van der Waals surface area contributed by atoms with Crippen LogP contribution < -0.4 is 5.32 Å². The molecule has 0 fully saturated rings. The number of hydrogen-bond acceptors (Lipinski definition) is 5. The van der Waals surface area contributed by atoms with E-state index >= 15 is 0 Å². The zero-order valence-electron chi connectivity index (χ0n) is 14.1. The number of aromatic nitrogens is 1. The van der Waals surface area contributed by atoms with E-state index in [2.05, 4.69) is 10.3 Å². The highest BCUT2D eigenvalue weighted by Gasteiger charge is 2.25. The first-order valence-electron chi connectivity index (χ1n) is 7.95. The number of benzene rings is 1. The molecule has 0 atom stereocenters.